The van der Waals surface area contributed by atoms with Crippen molar-refractivity contribution < 1.29 is 13.2 Å². The Hall–Kier alpha value is -2.18. The van der Waals surface area contributed by atoms with E-state index in [0.29, 0.717) is 17.6 Å². The van der Waals surface area contributed by atoms with Gasteiger partial charge in [-0.25, -0.2) is 0 Å². The van der Waals surface area contributed by atoms with E-state index in [1.54, 1.807) is 0 Å². The highest BCUT2D eigenvalue weighted by molar-refractivity contribution is 8.18. The Bertz CT molecular complexity index is 1080. The maximum absolute atomic E-state index is 13.7. The number of rotatable bonds is 1. The Labute approximate surface area is 169 Å². The van der Waals surface area contributed by atoms with E-state index in [2.05, 4.69) is 4.99 Å². The molecular formula is C22H14F3NS2. The molecular weight excluding hydrogens is 399 g/mol. The lowest BCUT2D eigenvalue weighted by atomic mass is 10.1. The second-order valence-electron chi connectivity index (χ2n) is 6.72. The molecule has 0 bridgehead atoms. The van der Waals surface area contributed by atoms with Gasteiger partial charge < -0.3 is 0 Å². The number of alkyl halides is 3. The highest BCUT2D eigenvalue weighted by Crippen LogP contribution is 2.52. The zero-order valence-corrected chi connectivity index (χ0v) is 16.2. The molecule has 140 valence electrons. The number of fused-ring (bicyclic) bond motifs is 3. The van der Waals surface area contributed by atoms with Crippen LogP contribution in [-0.4, -0.2) is 17.8 Å². The van der Waals surface area contributed by atoms with E-state index in [1.165, 1.54) is 35.7 Å². The number of thioether (sulfide) groups is 2. The average Bonchev–Trinajstić information content (AvgIpc) is 2.97. The summed E-state index contributed by atoms with van der Waals surface area (Å²) in [6.45, 7) is 0.260. The van der Waals surface area contributed by atoms with Crippen molar-refractivity contribution in [2.24, 2.45) is 4.99 Å². The minimum Gasteiger partial charge on any atom is -0.273 e. The van der Waals surface area contributed by atoms with Crippen molar-refractivity contribution in [1.82, 2.24) is 0 Å². The van der Waals surface area contributed by atoms with Crippen LogP contribution < -0.4 is 0 Å². The van der Waals surface area contributed by atoms with Crippen molar-refractivity contribution in [1.29, 1.82) is 0 Å². The molecule has 0 amide bonds. The molecule has 1 aromatic rings. The Kier molecular flexibility index (Phi) is 4.29. The van der Waals surface area contributed by atoms with Crippen molar-refractivity contribution in [2.75, 3.05) is 6.54 Å². The normalized spacial score (nSPS) is 21.2. The average molecular weight is 413 g/mol. The third kappa shape index (κ3) is 3.05. The molecule has 0 spiro atoms. The second-order valence-corrected chi connectivity index (χ2v) is 8.64. The third-order valence-electron chi connectivity index (χ3n) is 4.93. The first-order valence-electron chi connectivity index (χ1n) is 8.79. The number of allylic oxidation sites excluding steroid dienone is 8. The predicted octanol–water partition coefficient (Wildman–Crippen LogP) is 6.71. The molecule has 2 aliphatic carbocycles. The van der Waals surface area contributed by atoms with Crippen LogP contribution in [0.5, 0.6) is 0 Å². The van der Waals surface area contributed by atoms with Gasteiger partial charge in [0.05, 0.1) is 12.1 Å². The maximum atomic E-state index is 13.7. The summed E-state index contributed by atoms with van der Waals surface area (Å²) < 4.78 is 41.0. The molecule has 0 radical (unpaired) electrons. The molecule has 0 N–H and O–H groups in total. The van der Waals surface area contributed by atoms with Gasteiger partial charge in [-0.05, 0) is 39.9 Å². The molecule has 2 aliphatic heterocycles. The van der Waals surface area contributed by atoms with Crippen molar-refractivity contribution in [3.05, 3.63) is 103 Å². The lowest BCUT2D eigenvalue weighted by Gasteiger charge is -2.20. The SMILES string of the molecule is FC(F)(F)C1=CC2=C3SC=CC=C3CC2=C2SC(c3ccccc3)=NCC2=C1. The lowest BCUT2D eigenvalue weighted by Crippen LogP contribution is -2.12. The van der Waals surface area contributed by atoms with Crippen LogP contribution in [-0.2, 0) is 0 Å². The first-order valence-corrected chi connectivity index (χ1v) is 10.5. The third-order valence-corrected chi connectivity index (χ3v) is 7.21. The Balaban J connectivity index is 1.68. The van der Waals surface area contributed by atoms with Gasteiger partial charge in [0.2, 0.25) is 0 Å². The van der Waals surface area contributed by atoms with E-state index >= 15 is 0 Å². The van der Waals surface area contributed by atoms with Gasteiger partial charge in [0, 0.05) is 21.8 Å². The first kappa shape index (κ1) is 17.9. The second kappa shape index (κ2) is 6.71. The number of halogens is 3. The van der Waals surface area contributed by atoms with Crippen LogP contribution in [0.1, 0.15) is 12.0 Å². The number of hydrogen-bond acceptors (Lipinski definition) is 3. The zero-order valence-electron chi connectivity index (χ0n) is 14.6. The van der Waals surface area contributed by atoms with E-state index in [1.807, 2.05) is 47.9 Å². The van der Waals surface area contributed by atoms with Gasteiger partial charge in [-0.3, -0.25) is 4.99 Å². The molecule has 4 aliphatic rings. The van der Waals surface area contributed by atoms with Crippen LogP contribution in [0.15, 0.2) is 103 Å². The summed E-state index contributed by atoms with van der Waals surface area (Å²) in [5.41, 5.74) is 3.82. The van der Waals surface area contributed by atoms with E-state index < -0.39 is 11.7 Å². The number of aliphatic imine (C=N–C) groups is 1. The van der Waals surface area contributed by atoms with E-state index in [9.17, 15) is 13.2 Å². The molecule has 2 heterocycles. The lowest BCUT2D eigenvalue weighted by molar-refractivity contribution is -0.0882. The van der Waals surface area contributed by atoms with Crippen LogP contribution in [0.3, 0.4) is 0 Å². The van der Waals surface area contributed by atoms with Gasteiger partial charge in [0.1, 0.15) is 5.04 Å². The molecule has 0 saturated heterocycles. The van der Waals surface area contributed by atoms with Gasteiger partial charge in [0.25, 0.3) is 0 Å². The largest absolute Gasteiger partial charge is 0.416 e. The fourth-order valence-electron chi connectivity index (χ4n) is 3.64. The molecule has 0 fully saturated rings. The molecule has 0 unspecified atom stereocenters. The topological polar surface area (TPSA) is 12.4 Å². The highest BCUT2D eigenvalue weighted by Gasteiger charge is 2.38. The van der Waals surface area contributed by atoms with Crippen molar-refractivity contribution in [3.63, 3.8) is 0 Å². The molecule has 0 aromatic heterocycles. The molecule has 1 nitrogen and oxygen atoms in total. The molecule has 6 heteroatoms. The first-order chi connectivity index (χ1) is 13.5. The molecule has 5 rings (SSSR count). The predicted molar refractivity (Wildman–Crippen MR) is 111 cm³/mol. The van der Waals surface area contributed by atoms with Crippen LogP contribution >= 0.6 is 23.5 Å². The summed E-state index contributed by atoms with van der Waals surface area (Å²) in [5, 5.41) is 2.78. The van der Waals surface area contributed by atoms with Gasteiger partial charge >= 0.3 is 6.18 Å². The van der Waals surface area contributed by atoms with E-state index in [-0.39, 0.29) is 6.54 Å². The summed E-state index contributed by atoms with van der Waals surface area (Å²) in [6.07, 6.45) is 2.82. The standard InChI is InChI=1S/C22H14F3NS2/c23-22(24,25)16-9-15-12-26-21(13-5-2-1-3-6-13)28-20(15)17-10-14-7-4-8-27-19(14)18(17)11-16/h1-9,11H,10,12H2. The number of hydrogen-bond donors (Lipinski definition) is 0. The van der Waals surface area contributed by atoms with Crippen LogP contribution in [0, 0.1) is 0 Å². The van der Waals surface area contributed by atoms with E-state index in [0.717, 1.165) is 31.6 Å². The van der Waals surface area contributed by atoms with Gasteiger partial charge in [0.15, 0.2) is 0 Å². The van der Waals surface area contributed by atoms with Crippen LogP contribution in [0.25, 0.3) is 0 Å². The number of nitrogens with zero attached hydrogens (tertiary/aromatic N) is 1. The molecule has 0 atom stereocenters. The monoisotopic (exact) mass is 413 g/mol. The van der Waals surface area contributed by atoms with Crippen LogP contribution in [0.2, 0.25) is 0 Å². The summed E-state index contributed by atoms with van der Waals surface area (Å²) in [6, 6.07) is 9.80. The summed E-state index contributed by atoms with van der Waals surface area (Å²) in [5.74, 6) is 0. The van der Waals surface area contributed by atoms with Gasteiger partial charge in [-0.1, -0.05) is 66.0 Å². The zero-order chi connectivity index (χ0) is 19.3. The molecule has 0 saturated carbocycles. The van der Waals surface area contributed by atoms with E-state index in [4.69, 9.17) is 0 Å². The molecule has 28 heavy (non-hydrogen) atoms. The van der Waals surface area contributed by atoms with Gasteiger partial charge in [-0.15, -0.1) is 0 Å². The van der Waals surface area contributed by atoms with Gasteiger partial charge in [-0.2, -0.15) is 13.2 Å². The van der Waals surface area contributed by atoms with Crippen molar-refractivity contribution in [2.45, 2.75) is 12.6 Å². The summed E-state index contributed by atoms with van der Waals surface area (Å²) in [7, 11) is 0. The fourth-order valence-corrected chi connectivity index (χ4v) is 5.67. The fraction of sp³-hybridized carbons (Fsp3) is 0.136. The Morgan fingerprint density at radius 3 is 2.57 bits per heavy atom. The summed E-state index contributed by atoms with van der Waals surface area (Å²) in [4.78, 5) is 6.44. The highest BCUT2D eigenvalue weighted by atomic mass is 32.2. The Morgan fingerprint density at radius 2 is 1.79 bits per heavy atom. The van der Waals surface area contributed by atoms with Crippen molar-refractivity contribution in [3.8, 4) is 0 Å². The maximum Gasteiger partial charge on any atom is 0.416 e. The smallest absolute Gasteiger partial charge is 0.273 e. The number of benzene rings is 1. The quantitative estimate of drug-likeness (QED) is 0.507. The van der Waals surface area contributed by atoms with Crippen molar-refractivity contribution >= 4 is 28.6 Å². The summed E-state index contributed by atoms with van der Waals surface area (Å²) >= 11 is 2.99. The Morgan fingerprint density at radius 1 is 0.964 bits per heavy atom. The minimum absolute atomic E-state index is 0.260. The minimum atomic E-state index is -4.39. The van der Waals surface area contributed by atoms with Crippen LogP contribution in [0.4, 0.5) is 13.2 Å². The molecule has 1 aromatic carbocycles.